The number of phenols is 2. The molecule has 0 saturated heterocycles. The number of carbonyl (C=O) groups excluding carboxylic acids is 1. The van der Waals surface area contributed by atoms with E-state index < -0.39 is 0 Å². The predicted molar refractivity (Wildman–Crippen MR) is 273 cm³/mol. The zero-order valence-corrected chi connectivity index (χ0v) is 39.4. The van der Waals surface area contributed by atoms with E-state index in [1.165, 1.54) is 34.2 Å². The van der Waals surface area contributed by atoms with Crippen LogP contribution in [0.2, 0.25) is 0 Å². The first-order chi connectivity index (χ1) is 32.6. The van der Waals surface area contributed by atoms with E-state index in [0.717, 1.165) is 118 Å². The van der Waals surface area contributed by atoms with Gasteiger partial charge in [-0.05, 0) is 135 Å². The molecule has 0 bridgehead atoms. The molecule has 0 aliphatic heterocycles. The number of hydrogen-bond donors (Lipinski definition) is 2. The Bertz CT molecular complexity index is 3090. The molecular weight excluding hydrogens is 910 g/mol. The molecule has 8 aromatic carbocycles. The van der Waals surface area contributed by atoms with Crippen LogP contribution in [0.3, 0.4) is 0 Å². The fraction of sp³-hybridized carbons (Fsp3) is 0.230. The Morgan fingerprint density at radius 1 is 0.522 bits per heavy atom. The topological polar surface area (TPSA) is 82.2 Å². The summed E-state index contributed by atoms with van der Waals surface area (Å²) >= 11 is 0. The zero-order chi connectivity index (χ0) is 45.0. The zero-order valence-electron chi connectivity index (χ0n) is 37.7. The summed E-state index contributed by atoms with van der Waals surface area (Å²) in [6, 6.07) is 55.9. The van der Waals surface area contributed by atoms with Crippen LogP contribution in [-0.4, -0.2) is 41.5 Å². The number of fused-ring (bicyclic) bond motifs is 4. The van der Waals surface area contributed by atoms with E-state index in [-0.39, 0.29) is 49.1 Å². The van der Waals surface area contributed by atoms with Gasteiger partial charge in [0.25, 0.3) is 0 Å². The first-order valence-electron chi connectivity index (χ1n) is 23.7. The fourth-order valence-corrected chi connectivity index (χ4v) is 11.4. The van der Waals surface area contributed by atoms with Crippen molar-refractivity contribution >= 4 is 40.8 Å². The number of aliphatic imine (C=N–C) groups is 2. The largest absolute Gasteiger partial charge is 1.00 e. The summed E-state index contributed by atoms with van der Waals surface area (Å²) in [5.74, 6) is 0.801. The van der Waals surface area contributed by atoms with Crippen LogP contribution in [0.5, 0.6) is 11.5 Å². The van der Waals surface area contributed by atoms with Crippen molar-refractivity contribution in [3.8, 4) is 33.8 Å². The van der Waals surface area contributed by atoms with Crippen molar-refractivity contribution in [1.82, 2.24) is 0 Å². The Kier molecular flexibility index (Phi) is 14.0. The Morgan fingerprint density at radius 2 is 1.10 bits per heavy atom. The molecule has 0 aromatic heterocycles. The maximum absolute atomic E-state index is 12.5. The summed E-state index contributed by atoms with van der Waals surface area (Å²) in [6.45, 7) is 3.25. The van der Waals surface area contributed by atoms with Crippen molar-refractivity contribution in [2.45, 2.75) is 88.1 Å². The molecule has 335 valence electrons. The van der Waals surface area contributed by atoms with Gasteiger partial charge in [-0.2, -0.15) is 0 Å². The Hall–Kier alpha value is -6.49. The van der Waals surface area contributed by atoms with Crippen LogP contribution in [0.1, 0.15) is 101 Å². The monoisotopic (exact) mass is 965 g/mol. The molecular formula is C61H55N2O3Ru. The normalized spacial score (nSPS) is 19.0. The molecule has 0 heterocycles. The van der Waals surface area contributed by atoms with Gasteiger partial charge in [-0.15, -0.1) is 0 Å². The molecule has 5 nitrogen and oxygen atoms in total. The average Bonchev–Trinajstić information content (AvgIpc) is 3.38. The van der Waals surface area contributed by atoms with E-state index in [9.17, 15) is 10.2 Å². The van der Waals surface area contributed by atoms with Gasteiger partial charge >= 0.3 is 19.5 Å². The van der Waals surface area contributed by atoms with Gasteiger partial charge in [-0.3, -0.25) is 16.8 Å². The molecule has 8 aromatic rings. The van der Waals surface area contributed by atoms with Crippen LogP contribution in [0, 0.1) is 0 Å². The molecule has 11 rings (SSSR count). The molecule has 6 heteroatoms. The SMILES string of the molecule is Oc1c(C=N[C@@H]2CCCC[C@H]2N=Cc2cc3ccccc3c([C@H]3c4ccccc4CCC3c3ccccc3)c2O)cc2ccccc2c1-c1c(-c2ccccc2)ccc2c1CCCC2.[CH-]=O.[Ru+]. The van der Waals surface area contributed by atoms with E-state index in [2.05, 4.69) is 165 Å². The van der Waals surface area contributed by atoms with Crippen LogP contribution >= 0.6 is 0 Å². The minimum atomic E-state index is -0.0570. The van der Waals surface area contributed by atoms with E-state index >= 15 is 0 Å². The van der Waals surface area contributed by atoms with Gasteiger partial charge in [-0.1, -0.05) is 158 Å². The minimum Gasteiger partial charge on any atom is -0.545 e. The molecule has 2 N–H and O–H groups in total. The summed E-state index contributed by atoms with van der Waals surface area (Å²) in [5.41, 5.74) is 13.5. The third kappa shape index (κ3) is 8.93. The van der Waals surface area contributed by atoms with Crippen LogP contribution in [-0.2, 0) is 43.5 Å². The van der Waals surface area contributed by atoms with Gasteiger partial charge in [0.15, 0.2) is 0 Å². The molecule has 1 fully saturated rings. The first kappa shape index (κ1) is 45.7. The summed E-state index contributed by atoms with van der Waals surface area (Å²) in [6.07, 6.45) is 14.2. The molecule has 1 radical (unpaired) electrons. The van der Waals surface area contributed by atoms with Gasteiger partial charge in [0.05, 0.1) is 12.1 Å². The third-order valence-corrected chi connectivity index (χ3v) is 14.6. The van der Waals surface area contributed by atoms with Gasteiger partial charge in [-0.25, -0.2) is 0 Å². The van der Waals surface area contributed by atoms with Crippen LogP contribution in [0.4, 0.5) is 0 Å². The standard InChI is InChI=1S/C60H54N2O2.CHO.Ru/c63-59-45(35-43-23-9-13-27-49(43)57(59)55-47-25-11-7-21-41(47)31-33-51(55)39-17-3-1-4-18-39)37-61-53-29-15-16-30-54(53)62-38-46-36-44-24-10-14-28-50(44)58(60(46)64)56-48-26-12-8-22-42(48)32-34-52(56)40-19-5-2-6-20-40;1-2;/h1-7,9-11,13-14,17-21,23-25,27-28,32,34-38,51,53-55,63-64H,8,12,15-16,22,26,29-31,33H2;1H;/q;-1;+1/t51?,53-,54-,55+;;/m1../s1. The Morgan fingerprint density at radius 3 is 1.82 bits per heavy atom. The van der Waals surface area contributed by atoms with Gasteiger partial charge in [0, 0.05) is 40.6 Å². The molecule has 1 saturated carbocycles. The van der Waals surface area contributed by atoms with E-state index in [1.54, 1.807) is 0 Å². The Labute approximate surface area is 407 Å². The number of nitrogens with zero attached hydrogens (tertiary/aromatic N) is 2. The fourth-order valence-electron chi connectivity index (χ4n) is 11.4. The molecule has 67 heavy (non-hydrogen) atoms. The summed E-state index contributed by atoms with van der Waals surface area (Å²) in [7, 11) is 0. The van der Waals surface area contributed by atoms with Crippen LogP contribution < -0.4 is 0 Å². The first-order valence-corrected chi connectivity index (χ1v) is 23.7. The maximum Gasteiger partial charge on any atom is 1.00 e. The van der Waals surface area contributed by atoms with Gasteiger partial charge in [0.2, 0.25) is 0 Å². The van der Waals surface area contributed by atoms with Crippen molar-refractivity contribution in [1.29, 1.82) is 0 Å². The summed E-state index contributed by atoms with van der Waals surface area (Å²) < 4.78 is 0. The van der Waals surface area contributed by atoms with Crippen LogP contribution in [0.15, 0.2) is 168 Å². The second-order valence-electron chi connectivity index (χ2n) is 18.3. The molecule has 0 spiro atoms. The van der Waals surface area contributed by atoms with Crippen LogP contribution in [0.25, 0.3) is 43.8 Å². The molecule has 0 amide bonds. The van der Waals surface area contributed by atoms with E-state index in [1.807, 2.05) is 12.4 Å². The summed E-state index contributed by atoms with van der Waals surface area (Å²) in [4.78, 5) is 18.3. The Balaban J connectivity index is 0.00000185. The minimum absolute atomic E-state index is 0. The molecule has 3 aliphatic carbocycles. The second kappa shape index (κ2) is 20.6. The van der Waals surface area contributed by atoms with Gasteiger partial charge in [0.1, 0.15) is 11.5 Å². The van der Waals surface area contributed by atoms with E-state index in [0.29, 0.717) is 5.75 Å². The van der Waals surface area contributed by atoms with E-state index in [4.69, 9.17) is 14.8 Å². The molecule has 4 atom stereocenters. The number of hydrogen-bond acceptors (Lipinski definition) is 5. The van der Waals surface area contributed by atoms with Crippen molar-refractivity contribution in [2.24, 2.45) is 9.98 Å². The predicted octanol–water partition coefficient (Wildman–Crippen LogP) is 14.1. The van der Waals surface area contributed by atoms with Crippen molar-refractivity contribution < 1.29 is 34.5 Å². The maximum atomic E-state index is 12.5. The quantitative estimate of drug-likeness (QED) is 0.0689. The average molecular weight is 965 g/mol. The van der Waals surface area contributed by atoms with Crippen molar-refractivity contribution in [2.75, 3.05) is 0 Å². The smallest absolute Gasteiger partial charge is 0.545 e. The van der Waals surface area contributed by atoms with Crippen molar-refractivity contribution in [3.63, 3.8) is 0 Å². The summed E-state index contributed by atoms with van der Waals surface area (Å²) in [5, 5.41) is 29.4. The van der Waals surface area contributed by atoms with Crippen molar-refractivity contribution in [3.05, 3.63) is 202 Å². The number of aromatic hydroxyl groups is 2. The molecule has 3 aliphatic rings. The van der Waals surface area contributed by atoms with Gasteiger partial charge < -0.3 is 15.0 Å². The number of rotatable bonds is 8. The number of aryl methyl sites for hydroxylation is 2. The number of phenolic OH excluding ortho intramolecular Hbond substituents is 2. The third-order valence-electron chi connectivity index (χ3n) is 14.6. The second-order valence-corrected chi connectivity index (χ2v) is 18.3. The molecule has 1 unspecified atom stereocenters. The number of benzene rings is 8.